The second-order valence-corrected chi connectivity index (χ2v) is 3.30. The van der Waals surface area contributed by atoms with Gasteiger partial charge in [0, 0.05) is 20.0 Å². The lowest BCUT2D eigenvalue weighted by molar-refractivity contribution is 0.388. The molecule has 1 heterocycles. The Balaban J connectivity index is 2.23. The normalized spacial score (nSPS) is 17.5. The smallest absolute Gasteiger partial charge is 0.242 e. The first kappa shape index (κ1) is 7.58. The van der Waals surface area contributed by atoms with Crippen molar-refractivity contribution in [3.05, 3.63) is 5.82 Å². The second-order valence-electron chi connectivity index (χ2n) is 3.30. The van der Waals surface area contributed by atoms with E-state index >= 15 is 0 Å². The molecule has 1 aromatic heterocycles. The first-order valence-corrected chi connectivity index (χ1v) is 4.40. The van der Waals surface area contributed by atoms with Crippen LogP contribution in [0.15, 0.2) is 0 Å². The van der Waals surface area contributed by atoms with E-state index in [0.717, 1.165) is 11.8 Å². The number of nitrogens with one attached hydrogen (secondary N) is 1. The number of hydrogen-bond donors (Lipinski definition) is 1. The van der Waals surface area contributed by atoms with Gasteiger partial charge >= 0.3 is 0 Å². The van der Waals surface area contributed by atoms with E-state index in [1.807, 2.05) is 18.8 Å². The minimum absolute atomic E-state index is 0.657. The zero-order chi connectivity index (χ0) is 8.55. The lowest BCUT2D eigenvalue weighted by Gasteiger charge is -2.23. The molecule has 0 bridgehead atoms. The standard InChI is InChI=1S/C8H14N4/c1-9-8-10-7(12(2)11-8)6-4-3-5-6/h6H,3-5H2,1-2H3,(H,9,11). The summed E-state index contributed by atoms with van der Waals surface area (Å²) >= 11 is 0. The molecule has 0 aliphatic heterocycles. The lowest BCUT2D eigenvalue weighted by atomic mass is 9.85. The molecule has 0 spiro atoms. The minimum Gasteiger partial charge on any atom is -0.356 e. The summed E-state index contributed by atoms with van der Waals surface area (Å²) in [7, 11) is 3.81. The number of aryl methyl sites for hydroxylation is 1. The van der Waals surface area contributed by atoms with Crippen LogP contribution in [0.4, 0.5) is 5.95 Å². The van der Waals surface area contributed by atoms with E-state index in [-0.39, 0.29) is 0 Å². The van der Waals surface area contributed by atoms with Crippen molar-refractivity contribution in [1.29, 1.82) is 0 Å². The van der Waals surface area contributed by atoms with Crippen LogP contribution in [-0.4, -0.2) is 21.8 Å². The summed E-state index contributed by atoms with van der Waals surface area (Å²) < 4.78 is 1.88. The van der Waals surface area contributed by atoms with Crippen LogP contribution in [0, 0.1) is 0 Å². The van der Waals surface area contributed by atoms with Crippen molar-refractivity contribution >= 4 is 5.95 Å². The number of rotatable bonds is 2. The fraction of sp³-hybridized carbons (Fsp3) is 0.750. The van der Waals surface area contributed by atoms with Crippen molar-refractivity contribution in [3.63, 3.8) is 0 Å². The molecule has 1 aromatic rings. The van der Waals surface area contributed by atoms with Crippen LogP contribution in [0.2, 0.25) is 0 Å². The Kier molecular flexibility index (Phi) is 1.75. The maximum absolute atomic E-state index is 4.39. The molecule has 0 aromatic carbocycles. The molecule has 0 unspecified atom stereocenters. The Morgan fingerprint density at radius 2 is 2.25 bits per heavy atom. The molecule has 2 rings (SSSR count). The van der Waals surface area contributed by atoms with Gasteiger partial charge in [0.2, 0.25) is 5.95 Å². The third-order valence-electron chi connectivity index (χ3n) is 2.49. The van der Waals surface area contributed by atoms with Crippen LogP contribution in [0.3, 0.4) is 0 Å². The van der Waals surface area contributed by atoms with Gasteiger partial charge in [0.1, 0.15) is 5.82 Å². The van der Waals surface area contributed by atoms with E-state index in [0.29, 0.717) is 5.92 Å². The summed E-state index contributed by atoms with van der Waals surface area (Å²) in [4.78, 5) is 4.39. The van der Waals surface area contributed by atoms with E-state index in [1.54, 1.807) is 0 Å². The van der Waals surface area contributed by atoms with Crippen LogP contribution >= 0.6 is 0 Å². The molecule has 4 heteroatoms. The van der Waals surface area contributed by atoms with Crippen LogP contribution < -0.4 is 5.32 Å². The van der Waals surface area contributed by atoms with Gasteiger partial charge in [-0.3, -0.25) is 4.68 Å². The molecule has 1 saturated carbocycles. The number of hydrogen-bond acceptors (Lipinski definition) is 3. The SMILES string of the molecule is CNc1nc(C2CCC2)n(C)n1. The summed E-state index contributed by atoms with van der Waals surface area (Å²) in [6, 6.07) is 0. The monoisotopic (exact) mass is 166 g/mol. The van der Waals surface area contributed by atoms with Crippen molar-refractivity contribution in [2.24, 2.45) is 7.05 Å². The Labute approximate surface area is 72.0 Å². The predicted octanol–water partition coefficient (Wildman–Crippen LogP) is 1.12. The molecule has 1 fully saturated rings. The number of nitrogens with zero attached hydrogens (tertiary/aromatic N) is 3. The molecule has 66 valence electrons. The Morgan fingerprint density at radius 1 is 1.50 bits per heavy atom. The molecule has 12 heavy (non-hydrogen) atoms. The van der Waals surface area contributed by atoms with E-state index in [2.05, 4.69) is 15.4 Å². The van der Waals surface area contributed by atoms with E-state index in [1.165, 1.54) is 19.3 Å². The zero-order valence-corrected chi connectivity index (χ0v) is 7.54. The van der Waals surface area contributed by atoms with E-state index in [4.69, 9.17) is 0 Å². The molecule has 1 N–H and O–H groups in total. The van der Waals surface area contributed by atoms with Crippen molar-refractivity contribution in [2.45, 2.75) is 25.2 Å². The molecule has 4 nitrogen and oxygen atoms in total. The lowest BCUT2D eigenvalue weighted by Crippen LogP contribution is -2.14. The van der Waals surface area contributed by atoms with Gasteiger partial charge in [-0.05, 0) is 12.8 Å². The highest BCUT2D eigenvalue weighted by Crippen LogP contribution is 2.35. The van der Waals surface area contributed by atoms with Crippen LogP contribution in [0.1, 0.15) is 31.0 Å². The quantitative estimate of drug-likeness (QED) is 0.716. The average Bonchev–Trinajstić information content (AvgIpc) is 2.29. The first-order chi connectivity index (χ1) is 5.81. The highest BCUT2D eigenvalue weighted by molar-refractivity contribution is 5.23. The van der Waals surface area contributed by atoms with Gasteiger partial charge < -0.3 is 5.32 Å². The number of anilines is 1. The Morgan fingerprint density at radius 3 is 2.67 bits per heavy atom. The molecule has 0 saturated heterocycles. The van der Waals surface area contributed by atoms with Gasteiger partial charge in [-0.2, -0.15) is 4.98 Å². The van der Waals surface area contributed by atoms with Crippen LogP contribution in [-0.2, 0) is 7.05 Å². The fourth-order valence-electron chi connectivity index (χ4n) is 1.52. The fourth-order valence-corrected chi connectivity index (χ4v) is 1.52. The van der Waals surface area contributed by atoms with Crippen molar-refractivity contribution in [2.75, 3.05) is 12.4 Å². The summed E-state index contributed by atoms with van der Waals surface area (Å²) in [5.41, 5.74) is 0. The largest absolute Gasteiger partial charge is 0.356 e. The summed E-state index contributed by atoms with van der Waals surface area (Å²) in [6.45, 7) is 0. The van der Waals surface area contributed by atoms with Gasteiger partial charge in [0.25, 0.3) is 0 Å². The highest BCUT2D eigenvalue weighted by atomic mass is 15.4. The van der Waals surface area contributed by atoms with Gasteiger partial charge in [0.05, 0.1) is 0 Å². The van der Waals surface area contributed by atoms with Crippen molar-refractivity contribution < 1.29 is 0 Å². The van der Waals surface area contributed by atoms with E-state index < -0.39 is 0 Å². The maximum Gasteiger partial charge on any atom is 0.242 e. The Bertz CT molecular complexity index is 275. The summed E-state index contributed by atoms with van der Waals surface area (Å²) in [5, 5.41) is 7.17. The summed E-state index contributed by atoms with van der Waals surface area (Å²) in [5.74, 6) is 2.52. The first-order valence-electron chi connectivity index (χ1n) is 4.40. The zero-order valence-electron chi connectivity index (χ0n) is 7.54. The second kappa shape index (κ2) is 2.77. The topological polar surface area (TPSA) is 42.7 Å². The molecule has 0 radical (unpaired) electrons. The van der Waals surface area contributed by atoms with Gasteiger partial charge in [-0.15, -0.1) is 5.10 Å². The molecule has 0 atom stereocenters. The van der Waals surface area contributed by atoms with Gasteiger partial charge in [0.15, 0.2) is 0 Å². The maximum atomic E-state index is 4.39. The molecule has 0 amide bonds. The molecular weight excluding hydrogens is 152 g/mol. The Hall–Kier alpha value is -1.06. The summed E-state index contributed by atoms with van der Waals surface area (Å²) in [6.07, 6.45) is 3.89. The molecular formula is C8H14N4. The van der Waals surface area contributed by atoms with E-state index in [9.17, 15) is 0 Å². The van der Waals surface area contributed by atoms with Crippen LogP contribution in [0.25, 0.3) is 0 Å². The third-order valence-corrected chi connectivity index (χ3v) is 2.49. The third kappa shape index (κ3) is 1.07. The van der Waals surface area contributed by atoms with Gasteiger partial charge in [-0.1, -0.05) is 6.42 Å². The molecule has 1 aliphatic rings. The van der Waals surface area contributed by atoms with Crippen molar-refractivity contribution in [3.8, 4) is 0 Å². The highest BCUT2D eigenvalue weighted by Gasteiger charge is 2.24. The minimum atomic E-state index is 0.657. The molecule has 1 aliphatic carbocycles. The number of aromatic nitrogens is 3. The predicted molar refractivity (Wildman–Crippen MR) is 47.1 cm³/mol. The van der Waals surface area contributed by atoms with Crippen molar-refractivity contribution in [1.82, 2.24) is 14.8 Å². The van der Waals surface area contributed by atoms with Crippen LogP contribution in [0.5, 0.6) is 0 Å². The van der Waals surface area contributed by atoms with Gasteiger partial charge in [-0.25, -0.2) is 0 Å². The average molecular weight is 166 g/mol.